The van der Waals surface area contributed by atoms with Gasteiger partial charge in [0, 0.05) is 31.6 Å². The zero-order valence-corrected chi connectivity index (χ0v) is 15.7. The van der Waals surface area contributed by atoms with E-state index in [1.165, 1.54) is 17.5 Å². The number of aromatic nitrogens is 1. The van der Waals surface area contributed by atoms with Gasteiger partial charge in [0.2, 0.25) is 0 Å². The van der Waals surface area contributed by atoms with Gasteiger partial charge in [-0.2, -0.15) is 0 Å². The summed E-state index contributed by atoms with van der Waals surface area (Å²) in [5, 5.41) is 3.45. The van der Waals surface area contributed by atoms with Crippen molar-refractivity contribution in [3.8, 4) is 0 Å². The molecule has 2 fully saturated rings. The van der Waals surface area contributed by atoms with Crippen molar-refractivity contribution in [1.29, 1.82) is 0 Å². The van der Waals surface area contributed by atoms with E-state index in [1.807, 2.05) is 12.4 Å². The van der Waals surface area contributed by atoms with Crippen LogP contribution in [0.3, 0.4) is 0 Å². The van der Waals surface area contributed by atoms with Crippen molar-refractivity contribution in [3.05, 3.63) is 29.6 Å². The molecule has 1 spiro atoms. The molecular formula is C17H29Cl2N3O. The first-order valence-corrected chi connectivity index (χ1v) is 8.13. The molecule has 132 valence electrons. The predicted octanol–water partition coefficient (Wildman–Crippen LogP) is 2.97. The number of pyridine rings is 1. The maximum Gasteiger partial charge on any atom is 0.0721 e. The van der Waals surface area contributed by atoms with E-state index in [-0.39, 0.29) is 30.4 Å². The van der Waals surface area contributed by atoms with Crippen molar-refractivity contribution in [3.63, 3.8) is 0 Å². The van der Waals surface area contributed by atoms with Gasteiger partial charge in [-0.05, 0) is 69.9 Å². The molecule has 1 atom stereocenters. The summed E-state index contributed by atoms with van der Waals surface area (Å²) in [5.41, 5.74) is 2.81. The highest BCUT2D eigenvalue weighted by molar-refractivity contribution is 5.85. The van der Waals surface area contributed by atoms with Crippen molar-refractivity contribution < 1.29 is 4.74 Å². The minimum absolute atomic E-state index is 0. The third kappa shape index (κ3) is 5.04. The molecule has 3 heterocycles. The summed E-state index contributed by atoms with van der Waals surface area (Å²) in [6.45, 7) is 6.26. The largest absolute Gasteiger partial charge is 0.375 e. The normalized spacial score (nSPS) is 23.2. The molecule has 1 N–H and O–H groups in total. The number of ether oxygens (including phenoxy) is 1. The molecule has 0 aliphatic carbocycles. The highest BCUT2D eigenvalue weighted by Gasteiger charge is 2.39. The van der Waals surface area contributed by atoms with E-state index in [2.05, 4.69) is 35.2 Å². The quantitative estimate of drug-likeness (QED) is 0.897. The Morgan fingerprint density at radius 3 is 2.78 bits per heavy atom. The molecule has 0 amide bonds. The molecule has 0 bridgehead atoms. The van der Waals surface area contributed by atoms with Gasteiger partial charge in [-0.25, -0.2) is 0 Å². The van der Waals surface area contributed by atoms with Crippen LogP contribution in [-0.4, -0.2) is 48.3 Å². The second kappa shape index (κ2) is 9.19. The van der Waals surface area contributed by atoms with Gasteiger partial charge >= 0.3 is 0 Å². The van der Waals surface area contributed by atoms with Crippen molar-refractivity contribution in [2.75, 3.05) is 26.7 Å². The third-order valence-electron chi connectivity index (χ3n) is 5.16. The lowest BCUT2D eigenvalue weighted by Crippen LogP contribution is -2.52. The summed E-state index contributed by atoms with van der Waals surface area (Å²) in [5.74, 6) is 0. The van der Waals surface area contributed by atoms with Gasteiger partial charge < -0.3 is 10.1 Å². The topological polar surface area (TPSA) is 37.4 Å². The maximum absolute atomic E-state index is 6.18. The second-order valence-corrected chi connectivity index (χ2v) is 6.65. The first-order valence-electron chi connectivity index (χ1n) is 8.13. The van der Waals surface area contributed by atoms with E-state index >= 15 is 0 Å². The third-order valence-corrected chi connectivity index (χ3v) is 5.16. The number of nitrogens with zero attached hydrogens (tertiary/aromatic N) is 2. The summed E-state index contributed by atoms with van der Waals surface area (Å²) < 4.78 is 6.18. The van der Waals surface area contributed by atoms with Crippen molar-refractivity contribution in [1.82, 2.24) is 15.2 Å². The Morgan fingerprint density at radius 2 is 2.09 bits per heavy atom. The molecule has 2 aliphatic heterocycles. The Hall–Kier alpha value is -0.390. The molecule has 6 heteroatoms. The second-order valence-electron chi connectivity index (χ2n) is 6.65. The fourth-order valence-electron chi connectivity index (χ4n) is 3.69. The Bertz CT molecular complexity index is 475. The van der Waals surface area contributed by atoms with Gasteiger partial charge in [-0.3, -0.25) is 9.88 Å². The van der Waals surface area contributed by atoms with Gasteiger partial charge in [-0.1, -0.05) is 0 Å². The fourth-order valence-corrected chi connectivity index (χ4v) is 3.69. The minimum atomic E-state index is 0. The van der Waals surface area contributed by atoms with Crippen molar-refractivity contribution >= 4 is 24.8 Å². The van der Waals surface area contributed by atoms with Crippen LogP contribution >= 0.6 is 24.8 Å². The molecule has 1 aromatic rings. The molecule has 0 radical (unpaired) electrons. The predicted molar refractivity (Wildman–Crippen MR) is 98.7 cm³/mol. The van der Waals surface area contributed by atoms with Gasteiger partial charge in [0.05, 0.1) is 5.60 Å². The minimum Gasteiger partial charge on any atom is -0.375 e. The number of hydrogen-bond acceptors (Lipinski definition) is 4. The molecule has 23 heavy (non-hydrogen) atoms. The van der Waals surface area contributed by atoms with Crippen molar-refractivity contribution in [2.45, 2.75) is 50.8 Å². The zero-order valence-electron chi connectivity index (χ0n) is 14.1. The average molecular weight is 362 g/mol. The number of nitrogens with one attached hydrogen (secondary N) is 1. The fraction of sp³-hybridized carbons (Fsp3) is 0.706. The summed E-state index contributed by atoms with van der Waals surface area (Å²) in [6, 6.07) is 2.77. The van der Waals surface area contributed by atoms with Crippen LogP contribution < -0.4 is 5.32 Å². The molecule has 3 rings (SSSR count). The smallest absolute Gasteiger partial charge is 0.0721 e. The molecule has 1 aromatic heterocycles. The number of piperidine rings is 1. The lowest BCUT2D eigenvalue weighted by molar-refractivity contribution is -0.119. The lowest BCUT2D eigenvalue weighted by Gasteiger charge is -2.46. The monoisotopic (exact) mass is 361 g/mol. The van der Waals surface area contributed by atoms with Crippen LogP contribution in [0.25, 0.3) is 0 Å². The molecule has 0 saturated carbocycles. The number of halogens is 2. The molecule has 2 saturated heterocycles. The number of hydrogen-bond donors (Lipinski definition) is 1. The van der Waals surface area contributed by atoms with Crippen LogP contribution in [0.5, 0.6) is 0 Å². The van der Waals surface area contributed by atoms with Crippen LogP contribution in [-0.2, 0) is 11.3 Å². The van der Waals surface area contributed by atoms with Crippen LogP contribution in [0.1, 0.15) is 36.8 Å². The Morgan fingerprint density at radius 1 is 1.35 bits per heavy atom. The SMILES string of the molecule is Cc1cnccc1CN(C)C1CCOC2(CCNCC2)C1.Cl.Cl. The zero-order chi connectivity index (χ0) is 14.7. The first-order chi connectivity index (χ1) is 10.2. The van der Waals surface area contributed by atoms with Crippen LogP contribution in [0.15, 0.2) is 18.5 Å². The van der Waals surface area contributed by atoms with Gasteiger partial charge in [0.25, 0.3) is 0 Å². The number of aryl methyl sites for hydroxylation is 1. The van der Waals surface area contributed by atoms with E-state index in [0.717, 1.165) is 45.5 Å². The molecule has 4 nitrogen and oxygen atoms in total. The van der Waals surface area contributed by atoms with E-state index in [0.29, 0.717) is 6.04 Å². The summed E-state index contributed by atoms with van der Waals surface area (Å²) >= 11 is 0. The maximum atomic E-state index is 6.18. The molecular weight excluding hydrogens is 333 g/mol. The summed E-state index contributed by atoms with van der Waals surface area (Å²) in [7, 11) is 2.25. The van der Waals surface area contributed by atoms with Crippen molar-refractivity contribution in [2.24, 2.45) is 0 Å². The Kier molecular flexibility index (Phi) is 8.25. The van der Waals surface area contributed by atoms with E-state index in [9.17, 15) is 0 Å². The van der Waals surface area contributed by atoms with E-state index in [1.54, 1.807) is 0 Å². The van der Waals surface area contributed by atoms with E-state index < -0.39 is 0 Å². The number of rotatable bonds is 3. The van der Waals surface area contributed by atoms with Gasteiger partial charge in [-0.15, -0.1) is 24.8 Å². The standard InChI is InChI=1S/C17H27N3O.2ClH/c1-14-12-19-7-3-15(14)13-20(2)16-4-10-21-17(11-16)5-8-18-9-6-17;;/h3,7,12,16,18H,4-6,8-11,13H2,1-2H3;2*1H. The molecule has 0 aromatic carbocycles. The Balaban J connectivity index is 0.00000132. The van der Waals surface area contributed by atoms with Gasteiger partial charge in [0.1, 0.15) is 0 Å². The van der Waals surface area contributed by atoms with Crippen LogP contribution in [0, 0.1) is 6.92 Å². The van der Waals surface area contributed by atoms with Crippen LogP contribution in [0.4, 0.5) is 0 Å². The van der Waals surface area contributed by atoms with Gasteiger partial charge in [0.15, 0.2) is 0 Å². The highest BCUT2D eigenvalue weighted by Crippen LogP contribution is 2.35. The molecule has 2 aliphatic rings. The average Bonchev–Trinajstić information content (AvgIpc) is 2.50. The Labute approximate surface area is 152 Å². The molecule has 1 unspecified atom stereocenters. The highest BCUT2D eigenvalue weighted by atomic mass is 35.5. The van der Waals surface area contributed by atoms with Crippen LogP contribution in [0.2, 0.25) is 0 Å². The first kappa shape index (κ1) is 20.7. The summed E-state index contributed by atoms with van der Waals surface area (Å²) in [4.78, 5) is 6.70. The summed E-state index contributed by atoms with van der Waals surface area (Å²) in [6.07, 6.45) is 8.50. The van der Waals surface area contributed by atoms with E-state index in [4.69, 9.17) is 4.74 Å². The lowest BCUT2D eigenvalue weighted by atomic mass is 9.82.